The second-order valence-corrected chi connectivity index (χ2v) is 10.3. The van der Waals surface area contributed by atoms with Crippen LogP contribution in [-0.2, 0) is 10.3 Å². The van der Waals surface area contributed by atoms with E-state index >= 15 is 4.39 Å². The molecule has 0 bridgehead atoms. The molecule has 2 rings (SSSR count). The lowest BCUT2D eigenvalue weighted by atomic mass is 9.95. The van der Waals surface area contributed by atoms with Crippen molar-refractivity contribution in [3.8, 4) is 0 Å². The predicted octanol–water partition coefficient (Wildman–Crippen LogP) is 5.74. The van der Waals surface area contributed by atoms with Gasteiger partial charge < -0.3 is 19.6 Å². The van der Waals surface area contributed by atoms with Crippen molar-refractivity contribution in [1.82, 2.24) is 19.9 Å². The van der Waals surface area contributed by atoms with Crippen LogP contribution in [0.3, 0.4) is 0 Å². The summed E-state index contributed by atoms with van der Waals surface area (Å²) in [7, 11) is 0. The van der Waals surface area contributed by atoms with Gasteiger partial charge in [-0.25, -0.2) is 14.2 Å². The third-order valence-electron chi connectivity index (χ3n) is 5.37. The highest BCUT2D eigenvalue weighted by Crippen LogP contribution is 2.29. The molecule has 1 fully saturated rings. The smallest absolute Gasteiger partial charge is 0.410 e. The zero-order valence-corrected chi connectivity index (χ0v) is 21.6. The normalized spacial score (nSPS) is 16.7. The molecule has 0 unspecified atom stereocenters. The topological polar surface area (TPSA) is 71.8 Å². The molecule has 1 aliphatic rings. The van der Waals surface area contributed by atoms with Gasteiger partial charge in [-0.1, -0.05) is 25.1 Å². The van der Waals surface area contributed by atoms with E-state index in [9.17, 15) is 4.79 Å². The summed E-state index contributed by atoms with van der Waals surface area (Å²) in [5, 5.41) is 4.80. The number of carbonyl (C=O) groups is 1. The van der Waals surface area contributed by atoms with Gasteiger partial charge in [0.25, 0.3) is 0 Å². The fourth-order valence-corrected chi connectivity index (χ4v) is 3.79. The van der Waals surface area contributed by atoms with E-state index in [0.29, 0.717) is 38.2 Å². The number of aryl methyl sites for hydroxylation is 1. The van der Waals surface area contributed by atoms with Gasteiger partial charge in [0.15, 0.2) is 5.82 Å². The molecule has 0 radical (unpaired) electrons. The Balaban J connectivity index is 2.21. The Morgan fingerprint density at radius 2 is 1.97 bits per heavy atom. The quantitative estimate of drug-likeness (QED) is 0.398. The summed E-state index contributed by atoms with van der Waals surface area (Å²) in [5.74, 6) is 0.0699. The van der Waals surface area contributed by atoms with E-state index in [1.165, 1.54) is 6.08 Å². The lowest BCUT2D eigenvalue weighted by molar-refractivity contribution is 0.0198. The maximum absolute atomic E-state index is 15.2. The van der Waals surface area contributed by atoms with E-state index in [0.717, 1.165) is 5.69 Å². The van der Waals surface area contributed by atoms with Crippen molar-refractivity contribution >= 4 is 28.4 Å². The molecule has 2 heterocycles. The number of piperidine rings is 1. The van der Waals surface area contributed by atoms with Gasteiger partial charge in [0.2, 0.25) is 0 Å². The minimum Gasteiger partial charge on any atom is -0.444 e. The van der Waals surface area contributed by atoms with Crippen LogP contribution < -0.4 is 5.43 Å². The van der Waals surface area contributed by atoms with Crippen molar-refractivity contribution in [3.63, 3.8) is 0 Å². The van der Waals surface area contributed by atoms with E-state index in [-0.39, 0.29) is 22.9 Å². The highest BCUT2D eigenvalue weighted by molar-refractivity contribution is 6.47. The first kappa shape index (κ1) is 26.9. The van der Waals surface area contributed by atoms with E-state index in [2.05, 4.69) is 22.1 Å². The number of nitrogens with one attached hydrogen (secondary N) is 1. The highest BCUT2D eigenvalue weighted by Gasteiger charge is 2.34. The van der Waals surface area contributed by atoms with Gasteiger partial charge in [0.1, 0.15) is 17.1 Å². The SMILES string of the molecule is C=C(Cl)c1nc(C)cn1C(C)(C)C(=N\NC1CCN(C(=O)OC(C)(C)C)CC1)/C(F)=C\CC. The van der Waals surface area contributed by atoms with Gasteiger partial charge in [0, 0.05) is 25.3 Å². The Morgan fingerprint density at radius 3 is 2.48 bits per heavy atom. The Hall–Kier alpha value is -2.35. The molecule has 0 saturated carbocycles. The summed E-state index contributed by atoms with van der Waals surface area (Å²) in [6, 6.07) is 0.0101. The second kappa shape index (κ2) is 10.7. The minimum atomic E-state index is -0.881. The van der Waals surface area contributed by atoms with Gasteiger partial charge in [-0.3, -0.25) is 0 Å². The molecule has 33 heavy (non-hydrogen) atoms. The van der Waals surface area contributed by atoms with Crippen LogP contribution in [0, 0.1) is 6.92 Å². The monoisotopic (exact) mass is 481 g/mol. The van der Waals surface area contributed by atoms with E-state index in [4.69, 9.17) is 16.3 Å². The first-order valence-corrected chi connectivity index (χ1v) is 11.7. The molecule has 0 aromatic carbocycles. The van der Waals surface area contributed by atoms with Crippen LogP contribution in [0.5, 0.6) is 0 Å². The minimum absolute atomic E-state index is 0.0101. The number of imidazole rings is 1. The molecule has 0 atom stereocenters. The molecule has 1 saturated heterocycles. The molecule has 1 aromatic rings. The summed E-state index contributed by atoms with van der Waals surface area (Å²) in [4.78, 5) is 18.4. The second-order valence-electron chi connectivity index (χ2n) is 9.83. The summed E-state index contributed by atoms with van der Waals surface area (Å²) in [6.45, 7) is 17.9. The Bertz CT molecular complexity index is 922. The molecule has 1 aliphatic heterocycles. The number of hydrogen-bond donors (Lipinski definition) is 1. The van der Waals surface area contributed by atoms with Crippen LogP contribution in [0.25, 0.3) is 5.03 Å². The Kier molecular flexibility index (Phi) is 8.74. The standard InChI is InChI=1S/C24H37ClFN5O2/c1-9-10-19(26)20(24(7,8)31-15-16(2)27-21(31)17(3)25)29-28-18-11-13-30(14-12-18)22(32)33-23(4,5)6/h10,15,18,28H,3,9,11-14H2,1-2,4-8H3/b19-10+,29-20-. The summed E-state index contributed by atoms with van der Waals surface area (Å²) in [6.07, 6.45) is 4.91. The number of ether oxygens (including phenoxy) is 1. The summed E-state index contributed by atoms with van der Waals surface area (Å²) < 4.78 is 22.4. The molecule has 184 valence electrons. The van der Waals surface area contributed by atoms with Gasteiger partial charge in [-0.2, -0.15) is 5.10 Å². The van der Waals surface area contributed by atoms with Crippen LogP contribution in [0.2, 0.25) is 0 Å². The first-order valence-electron chi connectivity index (χ1n) is 11.3. The van der Waals surface area contributed by atoms with Crippen molar-refractivity contribution in [2.75, 3.05) is 13.1 Å². The molecular formula is C24H37ClFN5O2. The van der Waals surface area contributed by atoms with Crippen LogP contribution >= 0.6 is 11.6 Å². The maximum atomic E-state index is 15.2. The number of allylic oxidation sites excluding steroid dienone is 2. The van der Waals surface area contributed by atoms with Crippen molar-refractivity contribution in [2.45, 2.75) is 84.9 Å². The number of rotatable bonds is 7. The van der Waals surface area contributed by atoms with Crippen LogP contribution in [0.4, 0.5) is 9.18 Å². The molecule has 0 aliphatic carbocycles. The van der Waals surface area contributed by atoms with Crippen molar-refractivity contribution < 1.29 is 13.9 Å². The molecule has 0 spiro atoms. The number of hydrazone groups is 1. The zero-order valence-electron chi connectivity index (χ0n) is 20.8. The Labute approximate surface area is 201 Å². The number of nitrogens with zero attached hydrogens (tertiary/aromatic N) is 4. The van der Waals surface area contributed by atoms with Crippen LogP contribution in [-0.4, -0.2) is 51.0 Å². The molecular weight excluding hydrogens is 445 g/mol. The van der Waals surface area contributed by atoms with Gasteiger partial charge >= 0.3 is 6.09 Å². The van der Waals surface area contributed by atoms with Crippen molar-refractivity contribution in [3.05, 3.63) is 36.2 Å². The molecule has 1 amide bonds. The molecule has 1 N–H and O–H groups in total. The highest BCUT2D eigenvalue weighted by atomic mass is 35.5. The number of carbonyl (C=O) groups excluding carboxylic acids is 1. The van der Waals surface area contributed by atoms with Gasteiger partial charge in [-0.05, 0) is 66.9 Å². The number of amides is 1. The number of hydrogen-bond acceptors (Lipinski definition) is 5. The number of halogens is 2. The van der Waals surface area contributed by atoms with E-state index in [1.807, 2.05) is 54.7 Å². The average molecular weight is 482 g/mol. The van der Waals surface area contributed by atoms with Crippen molar-refractivity contribution in [1.29, 1.82) is 0 Å². The van der Waals surface area contributed by atoms with E-state index in [1.54, 1.807) is 9.47 Å². The first-order chi connectivity index (χ1) is 15.3. The predicted molar refractivity (Wildman–Crippen MR) is 132 cm³/mol. The van der Waals surface area contributed by atoms with Crippen LogP contribution in [0.15, 0.2) is 29.8 Å². The van der Waals surface area contributed by atoms with Crippen molar-refractivity contribution in [2.24, 2.45) is 5.10 Å². The Morgan fingerprint density at radius 1 is 1.36 bits per heavy atom. The lowest BCUT2D eigenvalue weighted by Gasteiger charge is -2.34. The molecule has 9 heteroatoms. The fourth-order valence-electron chi connectivity index (χ4n) is 3.66. The zero-order chi connectivity index (χ0) is 25.0. The average Bonchev–Trinajstić information content (AvgIpc) is 3.10. The fraction of sp³-hybridized carbons (Fsp3) is 0.625. The van der Waals surface area contributed by atoms with Crippen LogP contribution in [0.1, 0.15) is 72.3 Å². The van der Waals surface area contributed by atoms with Gasteiger partial charge in [0.05, 0.1) is 16.3 Å². The third-order valence-corrected chi connectivity index (χ3v) is 5.53. The van der Waals surface area contributed by atoms with Gasteiger partial charge in [-0.15, -0.1) is 0 Å². The lowest BCUT2D eigenvalue weighted by Crippen LogP contribution is -2.46. The molecule has 1 aromatic heterocycles. The maximum Gasteiger partial charge on any atom is 0.410 e. The van der Waals surface area contributed by atoms with E-state index < -0.39 is 17.0 Å². The third kappa shape index (κ3) is 7.06. The largest absolute Gasteiger partial charge is 0.444 e. The molecule has 7 nitrogen and oxygen atoms in total. The number of likely N-dealkylation sites (tertiary alicyclic amines) is 1. The summed E-state index contributed by atoms with van der Waals surface area (Å²) in [5.41, 5.74) is 2.73. The summed E-state index contributed by atoms with van der Waals surface area (Å²) >= 11 is 6.17. The number of aromatic nitrogens is 2.